The van der Waals surface area contributed by atoms with Gasteiger partial charge in [-0.2, -0.15) is 0 Å². The quantitative estimate of drug-likeness (QED) is 0.690. The molecule has 8 heteroatoms. The zero-order valence-electron chi connectivity index (χ0n) is 15.5. The van der Waals surface area contributed by atoms with E-state index in [9.17, 15) is 9.59 Å². The molecular formula is C18H25N5O2S. The monoisotopic (exact) mass is 375 g/mol. The van der Waals surface area contributed by atoms with Crippen LogP contribution in [0.3, 0.4) is 0 Å². The Morgan fingerprint density at radius 2 is 1.92 bits per heavy atom. The highest BCUT2D eigenvalue weighted by Crippen LogP contribution is 2.20. The highest BCUT2D eigenvalue weighted by molar-refractivity contribution is 7.11. The molecule has 0 bridgehead atoms. The first-order valence-electron chi connectivity index (χ1n) is 8.58. The summed E-state index contributed by atoms with van der Waals surface area (Å²) in [7, 11) is 0. The fraction of sp³-hybridized carbons (Fsp3) is 0.444. The van der Waals surface area contributed by atoms with Gasteiger partial charge in [-0.15, -0.1) is 21.5 Å². The molecule has 2 aromatic rings. The van der Waals surface area contributed by atoms with Crippen molar-refractivity contribution in [2.24, 2.45) is 5.92 Å². The van der Waals surface area contributed by atoms with E-state index < -0.39 is 0 Å². The maximum absolute atomic E-state index is 12.1. The van der Waals surface area contributed by atoms with Gasteiger partial charge in [0.2, 0.25) is 5.91 Å². The lowest BCUT2D eigenvalue weighted by molar-refractivity contribution is -0.116. The molecule has 3 N–H and O–H groups in total. The number of benzene rings is 1. The van der Waals surface area contributed by atoms with E-state index in [0.29, 0.717) is 36.7 Å². The summed E-state index contributed by atoms with van der Waals surface area (Å²) in [4.78, 5) is 24.0. The van der Waals surface area contributed by atoms with Crippen LogP contribution in [0.25, 0.3) is 0 Å². The van der Waals surface area contributed by atoms with Crippen molar-refractivity contribution in [3.05, 3.63) is 33.8 Å². The van der Waals surface area contributed by atoms with Crippen LogP contribution in [0, 0.1) is 19.8 Å². The smallest absolute Gasteiger partial charge is 0.319 e. The molecule has 0 aliphatic heterocycles. The molecule has 0 atom stereocenters. The highest BCUT2D eigenvalue weighted by atomic mass is 32.1. The number of hydrogen-bond acceptors (Lipinski definition) is 5. The van der Waals surface area contributed by atoms with E-state index in [1.165, 1.54) is 11.3 Å². The maximum atomic E-state index is 12.1. The maximum Gasteiger partial charge on any atom is 0.319 e. The van der Waals surface area contributed by atoms with Crippen molar-refractivity contribution in [2.75, 3.05) is 17.2 Å². The average Bonchev–Trinajstić information content (AvgIpc) is 2.95. The molecule has 0 saturated carbocycles. The number of nitrogens with one attached hydrogen (secondary N) is 3. The molecule has 1 aromatic carbocycles. The number of aromatic nitrogens is 2. The molecule has 0 spiro atoms. The summed E-state index contributed by atoms with van der Waals surface area (Å²) in [6.07, 6.45) is 1.10. The van der Waals surface area contributed by atoms with Crippen LogP contribution < -0.4 is 16.0 Å². The van der Waals surface area contributed by atoms with Gasteiger partial charge in [0, 0.05) is 30.8 Å². The van der Waals surface area contributed by atoms with Gasteiger partial charge in [-0.3, -0.25) is 4.79 Å². The van der Waals surface area contributed by atoms with Crippen molar-refractivity contribution in [3.63, 3.8) is 0 Å². The van der Waals surface area contributed by atoms with Crippen LogP contribution in [0.1, 0.15) is 35.8 Å². The van der Waals surface area contributed by atoms with Crippen molar-refractivity contribution < 1.29 is 9.59 Å². The Bertz CT molecular complexity index is 773. The molecule has 1 heterocycles. The molecule has 0 unspecified atom stereocenters. The second-order valence-corrected chi connectivity index (χ2v) is 7.79. The van der Waals surface area contributed by atoms with Crippen molar-refractivity contribution in [2.45, 2.75) is 40.5 Å². The number of carbonyl (C=O) groups is 2. The van der Waals surface area contributed by atoms with Gasteiger partial charge in [0.15, 0.2) is 0 Å². The van der Waals surface area contributed by atoms with Gasteiger partial charge in [0.1, 0.15) is 10.0 Å². The summed E-state index contributed by atoms with van der Waals surface area (Å²) in [6, 6.07) is 5.17. The Kier molecular flexibility index (Phi) is 7.08. The molecular weight excluding hydrogens is 350 g/mol. The molecule has 3 amide bonds. The van der Waals surface area contributed by atoms with E-state index in [-0.39, 0.29) is 11.9 Å². The Labute approximate surface area is 157 Å². The molecule has 0 saturated heterocycles. The Balaban J connectivity index is 1.87. The highest BCUT2D eigenvalue weighted by Gasteiger charge is 2.09. The summed E-state index contributed by atoms with van der Waals surface area (Å²) >= 11 is 1.52. The number of hydrogen-bond donors (Lipinski definition) is 3. The van der Waals surface area contributed by atoms with Gasteiger partial charge >= 0.3 is 6.03 Å². The Morgan fingerprint density at radius 1 is 1.15 bits per heavy atom. The molecule has 0 radical (unpaired) electrons. The third kappa shape index (κ3) is 6.44. The van der Waals surface area contributed by atoms with E-state index in [1.807, 2.05) is 39.8 Å². The number of aryl methyl sites for hydroxylation is 2. The number of carbonyl (C=O) groups excluding carboxylic acids is 2. The molecule has 1 aromatic heterocycles. The molecule has 0 aliphatic rings. The molecule has 7 nitrogen and oxygen atoms in total. The summed E-state index contributed by atoms with van der Waals surface area (Å²) in [5, 5.41) is 18.3. The van der Waals surface area contributed by atoms with Crippen LogP contribution in [0.2, 0.25) is 0 Å². The lowest BCUT2D eigenvalue weighted by atomic mass is 10.1. The van der Waals surface area contributed by atoms with Gasteiger partial charge in [-0.05, 0) is 37.5 Å². The summed E-state index contributed by atoms with van der Waals surface area (Å²) < 4.78 is 0. The van der Waals surface area contributed by atoms with E-state index in [4.69, 9.17) is 0 Å². The normalized spacial score (nSPS) is 10.7. The van der Waals surface area contributed by atoms with Crippen molar-refractivity contribution in [1.82, 2.24) is 15.5 Å². The minimum absolute atomic E-state index is 0.0356. The molecule has 2 rings (SSSR count). The minimum Gasteiger partial charge on any atom is -0.337 e. The number of nitrogens with zero attached hydrogens (tertiary/aromatic N) is 2. The largest absolute Gasteiger partial charge is 0.337 e. The number of amides is 3. The summed E-state index contributed by atoms with van der Waals surface area (Å²) in [5.41, 5.74) is 2.25. The molecule has 0 fully saturated rings. The molecule has 26 heavy (non-hydrogen) atoms. The van der Waals surface area contributed by atoms with Crippen LogP contribution in [-0.4, -0.2) is 28.7 Å². The average molecular weight is 375 g/mol. The zero-order valence-corrected chi connectivity index (χ0v) is 16.4. The first kappa shape index (κ1) is 19.8. The SMILES string of the molecule is Cc1nnc(CCNC(=O)Nc2cc(NC(=O)CC(C)C)ccc2C)s1. The van der Waals surface area contributed by atoms with E-state index in [0.717, 1.165) is 15.6 Å². The topological polar surface area (TPSA) is 96.0 Å². The Morgan fingerprint density at radius 3 is 2.58 bits per heavy atom. The summed E-state index contributed by atoms with van der Waals surface area (Å²) in [6.45, 7) is 8.27. The van der Waals surface area contributed by atoms with Crippen molar-refractivity contribution in [1.29, 1.82) is 0 Å². The first-order valence-corrected chi connectivity index (χ1v) is 9.39. The second kappa shape index (κ2) is 9.28. The van der Waals surface area contributed by atoms with Crippen molar-refractivity contribution >= 4 is 34.6 Å². The lowest BCUT2D eigenvalue weighted by Gasteiger charge is -2.12. The van der Waals surface area contributed by atoms with Crippen LogP contribution in [0.5, 0.6) is 0 Å². The van der Waals surface area contributed by atoms with Crippen molar-refractivity contribution in [3.8, 4) is 0 Å². The van der Waals surface area contributed by atoms with Gasteiger partial charge in [0.25, 0.3) is 0 Å². The third-order valence-corrected chi connectivity index (χ3v) is 4.45. The van der Waals surface area contributed by atoms with Crippen LogP contribution in [0.15, 0.2) is 18.2 Å². The van der Waals surface area contributed by atoms with Gasteiger partial charge < -0.3 is 16.0 Å². The van der Waals surface area contributed by atoms with Crippen LogP contribution in [0.4, 0.5) is 16.2 Å². The number of anilines is 2. The fourth-order valence-electron chi connectivity index (χ4n) is 2.31. The minimum atomic E-state index is -0.292. The Hall–Kier alpha value is -2.48. The van der Waals surface area contributed by atoms with E-state index >= 15 is 0 Å². The second-order valence-electron chi connectivity index (χ2n) is 6.52. The number of urea groups is 1. The fourth-order valence-corrected chi connectivity index (χ4v) is 3.01. The predicted octanol–water partition coefficient (Wildman–Crippen LogP) is 3.50. The van der Waals surface area contributed by atoms with E-state index in [2.05, 4.69) is 26.1 Å². The molecule has 140 valence electrons. The summed E-state index contributed by atoms with van der Waals surface area (Å²) in [5.74, 6) is 0.257. The predicted molar refractivity (Wildman–Crippen MR) is 105 cm³/mol. The third-order valence-electron chi connectivity index (χ3n) is 3.56. The lowest BCUT2D eigenvalue weighted by Crippen LogP contribution is -2.30. The van der Waals surface area contributed by atoms with Gasteiger partial charge in [-0.1, -0.05) is 19.9 Å². The van der Waals surface area contributed by atoms with Gasteiger partial charge in [-0.25, -0.2) is 4.79 Å². The van der Waals surface area contributed by atoms with Crippen LogP contribution >= 0.6 is 11.3 Å². The standard InChI is InChI=1S/C18H25N5O2S/c1-11(2)9-16(24)20-14-6-5-12(3)15(10-14)21-18(25)19-8-7-17-23-22-13(4)26-17/h5-6,10-11H,7-9H2,1-4H3,(H,20,24)(H2,19,21,25). The van der Waals surface area contributed by atoms with E-state index in [1.54, 1.807) is 6.07 Å². The number of rotatable bonds is 7. The van der Waals surface area contributed by atoms with Gasteiger partial charge in [0.05, 0.1) is 0 Å². The zero-order chi connectivity index (χ0) is 19.1. The van der Waals surface area contributed by atoms with Crippen LogP contribution in [-0.2, 0) is 11.2 Å². The molecule has 0 aliphatic carbocycles. The first-order chi connectivity index (χ1) is 12.3.